The highest BCUT2D eigenvalue weighted by Crippen LogP contribution is 2.53. The SMILES string of the molecule is Cc1cn([C@H]2C[C@H](OC(=O)CCl)[C@@H](COP(=O)(OCC(Cl)(Cl)Cl)OCC(Cl)(Cl)Cl)O2)c(=O)[nH]c1=O. The molecule has 0 aromatic carbocycles. The van der Waals surface area contributed by atoms with Crippen molar-refractivity contribution in [3.63, 3.8) is 0 Å². The van der Waals surface area contributed by atoms with Gasteiger partial charge in [-0.25, -0.2) is 9.36 Å². The van der Waals surface area contributed by atoms with Gasteiger partial charge in [-0.05, 0) is 6.92 Å². The maximum absolute atomic E-state index is 13.0. The van der Waals surface area contributed by atoms with Gasteiger partial charge in [-0.3, -0.25) is 32.7 Å². The zero-order chi connectivity index (χ0) is 26.6. The van der Waals surface area contributed by atoms with Crippen LogP contribution in [-0.4, -0.2) is 61.0 Å². The highest BCUT2D eigenvalue weighted by Gasteiger charge is 2.42. The van der Waals surface area contributed by atoms with E-state index in [1.807, 2.05) is 0 Å². The van der Waals surface area contributed by atoms with Gasteiger partial charge in [0.15, 0.2) is 0 Å². The van der Waals surface area contributed by atoms with E-state index in [1.165, 1.54) is 13.1 Å². The van der Waals surface area contributed by atoms with Crippen molar-refractivity contribution in [2.75, 3.05) is 25.7 Å². The number of aromatic nitrogens is 2. The molecule has 1 fully saturated rings. The van der Waals surface area contributed by atoms with Crippen molar-refractivity contribution in [3.05, 3.63) is 32.6 Å². The number of rotatable bonds is 10. The van der Waals surface area contributed by atoms with Gasteiger partial charge in [0.25, 0.3) is 5.56 Å². The number of esters is 1. The van der Waals surface area contributed by atoms with Crippen LogP contribution in [0.1, 0.15) is 18.2 Å². The molecule has 19 heteroatoms. The number of nitrogens with one attached hydrogen (secondary N) is 1. The normalized spacial score (nSPS) is 21.3. The van der Waals surface area contributed by atoms with Crippen LogP contribution >= 0.6 is 89.0 Å². The van der Waals surface area contributed by atoms with E-state index in [0.29, 0.717) is 0 Å². The second kappa shape index (κ2) is 12.9. The highest BCUT2D eigenvalue weighted by atomic mass is 35.6. The average molecular weight is 661 g/mol. The fourth-order valence-electron chi connectivity index (χ4n) is 2.73. The molecule has 1 aliphatic heterocycles. The number of hydrogen-bond donors (Lipinski definition) is 1. The molecule has 35 heavy (non-hydrogen) atoms. The van der Waals surface area contributed by atoms with Gasteiger partial charge in [-0.1, -0.05) is 69.6 Å². The average Bonchev–Trinajstić information content (AvgIpc) is 3.13. The molecule has 200 valence electrons. The molecule has 1 aromatic heterocycles. The van der Waals surface area contributed by atoms with Crippen molar-refractivity contribution in [1.82, 2.24) is 9.55 Å². The molecule has 0 bridgehead atoms. The Kier molecular flexibility index (Phi) is 11.6. The molecule has 0 aliphatic carbocycles. The van der Waals surface area contributed by atoms with Gasteiger partial charge in [-0.2, -0.15) is 0 Å². The Hall–Kier alpha value is 0.250. The molecule has 3 atom stereocenters. The number of phosphoric ester groups is 1. The predicted molar refractivity (Wildman–Crippen MR) is 131 cm³/mol. The van der Waals surface area contributed by atoms with Crippen LogP contribution in [0.4, 0.5) is 0 Å². The largest absolute Gasteiger partial charge is 0.475 e. The van der Waals surface area contributed by atoms with E-state index in [4.69, 9.17) is 104 Å². The van der Waals surface area contributed by atoms with Crippen molar-refractivity contribution in [2.24, 2.45) is 0 Å². The van der Waals surface area contributed by atoms with Crippen LogP contribution in [0.25, 0.3) is 0 Å². The third-order valence-corrected chi connectivity index (χ3v) is 6.43. The molecule has 0 saturated carbocycles. The van der Waals surface area contributed by atoms with Crippen LogP contribution in [0.2, 0.25) is 0 Å². The molecule has 1 saturated heterocycles. The molecule has 0 amide bonds. The summed E-state index contributed by atoms with van der Waals surface area (Å²) in [5, 5.41) is 0. The molecule has 1 aromatic rings. The summed E-state index contributed by atoms with van der Waals surface area (Å²) >= 11 is 39.2. The van der Waals surface area contributed by atoms with E-state index in [0.717, 1.165) is 4.57 Å². The molecule has 0 unspecified atom stereocenters. The van der Waals surface area contributed by atoms with Gasteiger partial charge >= 0.3 is 19.5 Å². The quantitative estimate of drug-likeness (QED) is 0.223. The lowest BCUT2D eigenvalue weighted by Crippen LogP contribution is -2.33. The summed E-state index contributed by atoms with van der Waals surface area (Å²) in [6, 6.07) is 0. The Bertz CT molecular complexity index is 1030. The Morgan fingerprint density at radius 3 is 2.23 bits per heavy atom. The standard InChI is InChI=1S/C16H18Cl7N2O9P/c1-8-4-25(14(28)24-13(8)27)11-2-9(34-12(26)3-17)10(33-11)5-30-35(29,31-6-15(18,19)20)32-7-16(21,22)23/h4,9-11H,2-3,5-7H2,1H3,(H,24,27,28)/t9-,10+,11+/m0/s1. The number of nitrogens with zero attached hydrogens (tertiary/aromatic N) is 1. The first-order valence-corrected chi connectivity index (χ1v) is 13.7. The predicted octanol–water partition coefficient (Wildman–Crippen LogP) is 4.18. The van der Waals surface area contributed by atoms with Crippen LogP contribution in [-0.2, 0) is 32.4 Å². The number of alkyl halides is 7. The lowest BCUT2D eigenvalue weighted by Gasteiger charge is -2.24. The summed E-state index contributed by atoms with van der Waals surface area (Å²) in [6.45, 7) is -0.528. The van der Waals surface area contributed by atoms with Gasteiger partial charge in [0, 0.05) is 18.2 Å². The number of phosphoric acid groups is 1. The fourth-order valence-corrected chi connectivity index (χ4v) is 4.83. The third kappa shape index (κ3) is 10.5. The van der Waals surface area contributed by atoms with E-state index in [2.05, 4.69) is 4.98 Å². The molecule has 2 heterocycles. The van der Waals surface area contributed by atoms with E-state index in [1.54, 1.807) is 0 Å². The van der Waals surface area contributed by atoms with Crippen molar-refractivity contribution >= 4 is 95.0 Å². The van der Waals surface area contributed by atoms with E-state index < -0.39 is 76.8 Å². The number of aromatic amines is 1. The minimum Gasteiger partial charge on any atom is -0.458 e. The molecule has 11 nitrogen and oxygen atoms in total. The molecule has 1 N–H and O–H groups in total. The number of carbonyl (C=O) groups excluding carboxylic acids is 1. The van der Waals surface area contributed by atoms with Crippen molar-refractivity contribution in [1.29, 1.82) is 0 Å². The van der Waals surface area contributed by atoms with Crippen LogP contribution in [0.5, 0.6) is 0 Å². The molecule has 1 aliphatic rings. The van der Waals surface area contributed by atoms with Crippen LogP contribution < -0.4 is 11.2 Å². The summed E-state index contributed by atoms with van der Waals surface area (Å²) in [5.74, 6) is -1.26. The van der Waals surface area contributed by atoms with Gasteiger partial charge in [0.1, 0.15) is 37.5 Å². The monoisotopic (exact) mass is 658 g/mol. The van der Waals surface area contributed by atoms with E-state index >= 15 is 0 Å². The first kappa shape index (κ1) is 31.5. The zero-order valence-electron chi connectivity index (χ0n) is 17.6. The molecular weight excluding hydrogens is 643 g/mol. The van der Waals surface area contributed by atoms with Crippen LogP contribution in [0.15, 0.2) is 15.8 Å². The van der Waals surface area contributed by atoms with Gasteiger partial charge in [0.2, 0.25) is 7.59 Å². The zero-order valence-corrected chi connectivity index (χ0v) is 23.7. The lowest BCUT2D eigenvalue weighted by molar-refractivity contribution is -0.149. The molecular formula is C16H18Cl7N2O9P. The van der Waals surface area contributed by atoms with Gasteiger partial charge in [0.05, 0.1) is 6.61 Å². The molecule has 0 spiro atoms. The topological polar surface area (TPSA) is 135 Å². The number of halogens is 7. The summed E-state index contributed by atoms with van der Waals surface area (Å²) in [4.78, 5) is 37.8. The maximum Gasteiger partial charge on any atom is 0.475 e. The van der Waals surface area contributed by atoms with Gasteiger partial charge in [-0.15, -0.1) is 11.6 Å². The minimum atomic E-state index is -4.52. The lowest BCUT2D eigenvalue weighted by atomic mass is 10.2. The van der Waals surface area contributed by atoms with Crippen LogP contribution in [0.3, 0.4) is 0 Å². The number of carbonyl (C=O) groups is 1. The number of H-pyrrole nitrogens is 1. The van der Waals surface area contributed by atoms with Crippen LogP contribution in [0, 0.1) is 6.92 Å². The second-order valence-corrected chi connectivity index (χ2v) is 14.0. The summed E-state index contributed by atoms with van der Waals surface area (Å²) < 4.78 is 36.5. The van der Waals surface area contributed by atoms with Gasteiger partial charge < -0.3 is 9.47 Å². The first-order chi connectivity index (χ1) is 16.0. The smallest absolute Gasteiger partial charge is 0.458 e. The molecule has 0 radical (unpaired) electrons. The highest BCUT2D eigenvalue weighted by molar-refractivity contribution is 7.48. The summed E-state index contributed by atoms with van der Waals surface area (Å²) in [5.41, 5.74) is -1.11. The maximum atomic E-state index is 13.0. The van der Waals surface area contributed by atoms with Crippen molar-refractivity contribution in [3.8, 4) is 0 Å². The number of hydrogen-bond acceptors (Lipinski definition) is 9. The Labute approximate surface area is 233 Å². The third-order valence-electron chi connectivity index (χ3n) is 4.20. The Balaban J connectivity index is 2.23. The number of aryl methyl sites for hydroxylation is 1. The van der Waals surface area contributed by atoms with E-state index in [9.17, 15) is 18.9 Å². The summed E-state index contributed by atoms with van der Waals surface area (Å²) in [7, 11) is -4.52. The number of ether oxygens (including phenoxy) is 2. The minimum absolute atomic E-state index is 0.0453. The fraction of sp³-hybridized carbons (Fsp3) is 0.688. The summed E-state index contributed by atoms with van der Waals surface area (Å²) in [6.07, 6.45) is -1.89. The molecule has 2 rings (SSSR count). The van der Waals surface area contributed by atoms with Crippen molar-refractivity contribution in [2.45, 2.75) is 39.4 Å². The Morgan fingerprint density at radius 1 is 1.14 bits per heavy atom. The Morgan fingerprint density at radius 2 is 1.71 bits per heavy atom. The van der Waals surface area contributed by atoms with Crippen molar-refractivity contribution < 1.29 is 32.4 Å². The van der Waals surface area contributed by atoms with E-state index in [-0.39, 0.29) is 12.0 Å². The first-order valence-electron chi connectivity index (χ1n) is 9.42. The second-order valence-electron chi connectivity index (χ2n) is 7.03.